The van der Waals surface area contributed by atoms with Crippen LogP contribution in [-0.4, -0.2) is 38.2 Å². The largest absolute Gasteiger partial charge is 0.327 e. The lowest BCUT2D eigenvalue weighted by Crippen LogP contribution is -2.43. The first-order chi connectivity index (χ1) is 3.62. The molecule has 0 rings (SSSR count). The maximum Gasteiger partial charge on any atom is 0.0907 e. The third-order valence-electron chi connectivity index (χ3n) is 1.34. The zero-order chi connectivity index (χ0) is 6.62. The zero-order valence-electron chi connectivity index (χ0n) is 5.85. The number of rotatable bonds is 3. The highest BCUT2D eigenvalue weighted by Crippen LogP contribution is 1.91. The van der Waals surface area contributed by atoms with Crippen LogP contribution in [0.2, 0.25) is 0 Å². The van der Waals surface area contributed by atoms with Gasteiger partial charge in [-0.3, -0.25) is 0 Å². The third kappa shape index (κ3) is 2.99. The normalized spacial score (nSPS) is 12.0. The van der Waals surface area contributed by atoms with Gasteiger partial charge in [-0.1, -0.05) is 0 Å². The van der Waals surface area contributed by atoms with Crippen LogP contribution in [-0.2, 0) is 0 Å². The summed E-state index contributed by atoms with van der Waals surface area (Å²) >= 11 is 0. The van der Waals surface area contributed by atoms with Crippen LogP contribution in [0, 0.1) is 6.92 Å². The van der Waals surface area contributed by atoms with Crippen molar-refractivity contribution in [2.45, 2.75) is 0 Å². The van der Waals surface area contributed by atoms with E-state index in [1.807, 2.05) is 0 Å². The Hall–Kier alpha value is -0.0800. The maximum absolute atomic E-state index is 5.35. The van der Waals surface area contributed by atoms with Gasteiger partial charge in [-0.25, -0.2) is 0 Å². The minimum Gasteiger partial charge on any atom is -0.327 e. The van der Waals surface area contributed by atoms with Gasteiger partial charge in [0.25, 0.3) is 0 Å². The molecule has 0 saturated heterocycles. The molecule has 8 heavy (non-hydrogen) atoms. The molecule has 0 unspecified atom stereocenters. The minimum absolute atomic E-state index is 0.752. The summed E-state index contributed by atoms with van der Waals surface area (Å²) in [7, 11) is 4.25. The van der Waals surface area contributed by atoms with Crippen LogP contribution >= 0.6 is 0 Å². The van der Waals surface area contributed by atoms with Crippen molar-refractivity contribution >= 4 is 0 Å². The Morgan fingerprint density at radius 2 is 2.00 bits per heavy atom. The molecule has 0 amide bonds. The number of quaternary nitrogens is 1. The summed E-state index contributed by atoms with van der Waals surface area (Å²) in [4.78, 5) is 0. The summed E-state index contributed by atoms with van der Waals surface area (Å²) in [6.45, 7) is 6.48. The van der Waals surface area contributed by atoms with Crippen LogP contribution in [0.3, 0.4) is 0 Å². The topological polar surface area (TPSA) is 26.0 Å². The molecule has 0 spiro atoms. The highest BCUT2D eigenvalue weighted by molar-refractivity contribution is 4.36. The molecule has 0 aliphatic heterocycles. The van der Waals surface area contributed by atoms with Gasteiger partial charge in [-0.05, 0) is 0 Å². The van der Waals surface area contributed by atoms with Gasteiger partial charge in [0.15, 0.2) is 0 Å². The van der Waals surface area contributed by atoms with E-state index in [1.54, 1.807) is 0 Å². The minimum atomic E-state index is 0.752. The molecule has 1 radical (unpaired) electrons. The maximum atomic E-state index is 5.35. The first-order valence-electron chi connectivity index (χ1n) is 2.94. The summed E-state index contributed by atoms with van der Waals surface area (Å²) in [6, 6.07) is 0. The molecule has 0 aliphatic carbocycles. The first-order valence-corrected chi connectivity index (χ1v) is 2.94. The van der Waals surface area contributed by atoms with E-state index in [2.05, 4.69) is 21.0 Å². The van der Waals surface area contributed by atoms with Crippen molar-refractivity contribution in [3.8, 4) is 0 Å². The van der Waals surface area contributed by atoms with Crippen LogP contribution in [0.15, 0.2) is 0 Å². The fourth-order valence-electron chi connectivity index (χ4n) is 0.461. The zero-order valence-corrected chi connectivity index (χ0v) is 5.85. The number of nitrogens with zero attached hydrogens (tertiary/aromatic N) is 1. The van der Waals surface area contributed by atoms with Gasteiger partial charge in [0.1, 0.15) is 0 Å². The number of likely N-dealkylation sites (N-methyl/N-ethyl adjacent to an activating group) is 1. The predicted octanol–water partition coefficient (Wildman–Crippen LogP) is -0.144. The smallest absolute Gasteiger partial charge is 0.0907 e. The Balaban J connectivity index is 3.37. The molecule has 0 aliphatic rings. The van der Waals surface area contributed by atoms with E-state index >= 15 is 0 Å². The predicted molar refractivity (Wildman–Crippen MR) is 36.3 cm³/mol. The lowest BCUT2D eigenvalue weighted by atomic mass is 10.4. The van der Waals surface area contributed by atoms with Crippen LogP contribution in [0.5, 0.6) is 0 Å². The summed E-state index contributed by atoms with van der Waals surface area (Å²) in [5.41, 5.74) is 5.35. The molecule has 2 N–H and O–H groups in total. The lowest BCUT2D eigenvalue weighted by molar-refractivity contribution is -0.883. The Morgan fingerprint density at radius 1 is 1.50 bits per heavy atom. The molecule has 0 heterocycles. The van der Waals surface area contributed by atoms with Crippen molar-refractivity contribution in [3.63, 3.8) is 0 Å². The van der Waals surface area contributed by atoms with Crippen LogP contribution in [0.1, 0.15) is 0 Å². The molecule has 2 nitrogen and oxygen atoms in total. The second-order valence-corrected chi connectivity index (χ2v) is 2.67. The van der Waals surface area contributed by atoms with Gasteiger partial charge in [-0.15, -0.1) is 0 Å². The Morgan fingerprint density at radius 3 is 2.12 bits per heavy atom. The molecule has 2 heteroatoms. The molecule has 0 saturated carbocycles. The van der Waals surface area contributed by atoms with E-state index in [1.165, 1.54) is 0 Å². The van der Waals surface area contributed by atoms with E-state index in [0.717, 1.165) is 24.1 Å². The van der Waals surface area contributed by atoms with E-state index < -0.39 is 0 Å². The van der Waals surface area contributed by atoms with Gasteiger partial charge >= 0.3 is 0 Å². The Kier molecular flexibility index (Phi) is 3.02. The van der Waals surface area contributed by atoms with E-state index in [0.29, 0.717) is 0 Å². The van der Waals surface area contributed by atoms with Gasteiger partial charge < -0.3 is 10.2 Å². The SMILES string of the molecule is [CH2]C[N+](C)(C)CCN. The van der Waals surface area contributed by atoms with Crippen molar-refractivity contribution < 1.29 is 4.48 Å². The summed E-state index contributed by atoms with van der Waals surface area (Å²) in [6.07, 6.45) is 0. The summed E-state index contributed by atoms with van der Waals surface area (Å²) in [5, 5.41) is 0. The van der Waals surface area contributed by atoms with Gasteiger partial charge in [0.2, 0.25) is 0 Å². The average Bonchev–Trinajstić information content (AvgIpc) is 1.67. The lowest BCUT2D eigenvalue weighted by Gasteiger charge is -2.26. The molecular formula is C6H16N2+. The van der Waals surface area contributed by atoms with E-state index in [-0.39, 0.29) is 0 Å². The van der Waals surface area contributed by atoms with Crippen molar-refractivity contribution in [1.29, 1.82) is 0 Å². The highest BCUT2D eigenvalue weighted by atomic mass is 15.3. The molecule has 0 fully saturated rings. The van der Waals surface area contributed by atoms with E-state index in [4.69, 9.17) is 5.73 Å². The molecule has 0 bridgehead atoms. The molecule has 0 atom stereocenters. The van der Waals surface area contributed by atoms with E-state index in [9.17, 15) is 0 Å². The monoisotopic (exact) mass is 116 g/mol. The average molecular weight is 116 g/mol. The molecule has 0 aromatic heterocycles. The molecular weight excluding hydrogens is 100 g/mol. The Labute approximate surface area is 51.9 Å². The summed E-state index contributed by atoms with van der Waals surface area (Å²) < 4.78 is 0.927. The standard InChI is InChI=1S/C6H16N2/c1-4-8(2,3)6-5-7/h1,4-7H2,2-3H3/q+1. The molecule has 0 aromatic carbocycles. The van der Waals surface area contributed by atoms with Gasteiger partial charge in [0.05, 0.1) is 27.2 Å². The fraction of sp³-hybridized carbons (Fsp3) is 0.833. The fourth-order valence-corrected chi connectivity index (χ4v) is 0.461. The third-order valence-corrected chi connectivity index (χ3v) is 1.34. The Bertz CT molecular complexity index is 59.5. The number of nitrogens with two attached hydrogens (primary N) is 1. The first kappa shape index (κ1) is 7.92. The second kappa shape index (κ2) is 3.05. The number of hydrogen-bond donors (Lipinski definition) is 1. The quantitative estimate of drug-likeness (QED) is 0.510. The summed E-state index contributed by atoms with van der Waals surface area (Å²) in [5.74, 6) is 0. The van der Waals surface area contributed by atoms with Gasteiger partial charge in [-0.2, -0.15) is 0 Å². The van der Waals surface area contributed by atoms with Crippen LogP contribution in [0.4, 0.5) is 0 Å². The van der Waals surface area contributed by atoms with Crippen molar-refractivity contribution in [2.24, 2.45) is 5.73 Å². The van der Waals surface area contributed by atoms with Gasteiger partial charge in [0, 0.05) is 13.5 Å². The number of hydrogen-bond acceptors (Lipinski definition) is 1. The second-order valence-electron chi connectivity index (χ2n) is 2.67. The molecule has 49 valence electrons. The van der Waals surface area contributed by atoms with Crippen molar-refractivity contribution in [3.05, 3.63) is 6.92 Å². The van der Waals surface area contributed by atoms with Crippen LogP contribution in [0.25, 0.3) is 0 Å². The van der Waals surface area contributed by atoms with Crippen molar-refractivity contribution in [1.82, 2.24) is 0 Å². The highest BCUT2D eigenvalue weighted by Gasteiger charge is 2.07. The van der Waals surface area contributed by atoms with Crippen LogP contribution < -0.4 is 5.73 Å². The molecule has 0 aromatic rings. The van der Waals surface area contributed by atoms with Crippen molar-refractivity contribution in [2.75, 3.05) is 33.7 Å².